The SMILES string of the molecule is O=C(CC(F)F)OCC(F)(F)C(F)F. The Kier molecular flexibility index (Phi) is 4.72. The molecule has 0 heterocycles. The zero-order valence-corrected chi connectivity index (χ0v) is 6.65. The van der Waals surface area contributed by atoms with Gasteiger partial charge in [-0.2, -0.15) is 8.78 Å². The first-order valence-electron chi connectivity index (χ1n) is 3.35. The highest BCUT2D eigenvalue weighted by Crippen LogP contribution is 2.23. The lowest BCUT2D eigenvalue weighted by Crippen LogP contribution is -2.33. The average Bonchev–Trinajstić information content (AvgIpc) is 1.99. The highest BCUT2D eigenvalue weighted by atomic mass is 19.3. The van der Waals surface area contributed by atoms with E-state index in [1.54, 1.807) is 0 Å². The van der Waals surface area contributed by atoms with Crippen LogP contribution < -0.4 is 0 Å². The molecule has 0 bridgehead atoms. The van der Waals surface area contributed by atoms with E-state index >= 15 is 0 Å². The molecule has 8 heteroatoms. The fraction of sp³-hybridized carbons (Fsp3) is 0.833. The van der Waals surface area contributed by atoms with E-state index in [1.165, 1.54) is 0 Å². The Morgan fingerprint density at radius 1 is 1.21 bits per heavy atom. The minimum atomic E-state index is -4.50. The second-order valence-electron chi connectivity index (χ2n) is 2.32. The van der Waals surface area contributed by atoms with Crippen LogP contribution in [0.15, 0.2) is 0 Å². The van der Waals surface area contributed by atoms with E-state index in [0.717, 1.165) is 0 Å². The maximum absolute atomic E-state index is 12.0. The van der Waals surface area contributed by atoms with Crippen LogP contribution in [-0.4, -0.2) is 31.3 Å². The van der Waals surface area contributed by atoms with E-state index in [0.29, 0.717) is 0 Å². The first-order chi connectivity index (χ1) is 6.25. The van der Waals surface area contributed by atoms with Crippen molar-refractivity contribution < 1.29 is 35.9 Å². The Hall–Kier alpha value is -0.950. The third-order valence-corrected chi connectivity index (χ3v) is 1.07. The number of carbonyl (C=O) groups excluding carboxylic acids is 1. The second-order valence-corrected chi connectivity index (χ2v) is 2.32. The highest BCUT2D eigenvalue weighted by molar-refractivity contribution is 5.69. The molecule has 0 aromatic rings. The summed E-state index contributed by atoms with van der Waals surface area (Å²) in [5.74, 6) is -6.14. The number of alkyl halides is 6. The van der Waals surface area contributed by atoms with Crippen LogP contribution in [0, 0.1) is 0 Å². The molecule has 0 saturated carbocycles. The maximum Gasteiger partial charge on any atom is 0.340 e. The van der Waals surface area contributed by atoms with Gasteiger partial charge in [-0.1, -0.05) is 0 Å². The number of ether oxygens (including phenoxy) is 1. The van der Waals surface area contributed by atoms with Crippen LogP contribution in [-0.2, 0) is 9.53 Å². The first kappa shape index (κ1) is 13.1. The van der Waals surface area contributed by atoms with Gasteiger partial charge in [0.25, 0.3) is 0 Å². The molecular formula is C6H6F6O2. The molecule has 14 heavy (non-hydrogen) atoms. The summed E-state index contributed by atoms with van der Waals surface area (Å²) in [6.45, 7) is -1.89. The molecule has 0 atom stereocenters. The lowest BCUT2D eigenvalue weighted by molar-refractivity contribution is -0.181. The summed E-state index contributed by atoms with van der Waals surface area (Å²) in [6, 6.07) is 0. The third-order valence-electron chi connectivity index (χ3n) is 1.07. The normalized spacial score (nSPS) is 12.3. The van der Waals surface area contributed by atoms with Crippen molar-refractivity contribution in [1.29, 1.82) is 0 Å². The molecule has 0 aliphatic rings. The molecule has 0 spiro atoms. The van der Waals surface area contributed by atoms with Crippen LogP contribution in [0.25, 0.3) is 0 Å². The number of carbonyl (C=O) groups is 1. The summed E-state index contributed by atoms with van der Waals surface area (Å²) >= 11 is 0. The Morgan fingerprint density at radius 3 is 2.07 bits per heavy atom. The molecule has 0 rings (SSSR count). The molecule has 2 nitrogen and oxygen atoms in total. The summed E-state index contributed by atoms with van der Waals surface area (Å²) < 4.78 is 73.3. The van der Waals surface area contributed by atoms with Gasteiger partial charge in [-0.25, -0.2) is 17.6 Å². The fourth-order valence-electron chi connectivity index (χ4n) is 0.425. The molecule has 0 aromatic heterocycles. The van der Waals surface area contributed by atoms with Gasteiger partial charge in [-0.15, -0.1) is 0 Å². The van der Waals surface area contributed by atoms with Gasteiger partial charge in [-0.3, -0.25) is 4.79 Å². The van der Waals surface area contributed by atoms with Gasteiger partial charge in [-0.05, 0) is 0 Å². The van der Waals surface area contributed by atoms with E-state index < -0.39 is 37.8 Å². The van der Waals surface area contributed by atoms with Crippen LogP contribution >= 0.6 is 0 Å². The standard InChI is InChI=1S/C6H6F6O2/c7-3(8)1-4(13)14-2-6(11,12)5(9)10/h3,5H,1-2H2. The van der Waals surface area contributed by atoms with Crippen molar-refractivity contribution in [3.63, 3.8) is 0 Å². The first-order valence-corrected chi connectivity index (χ1v) is 3.35. The monoisotopic (exact) mass is 224 g/mol. The van der Waals surface area contributed by atoms with Crippen molar-refractivity contribution in [2.75, 3.05) is 6.61 Å². The summed E-state index contributed by atoms with van der Waals surface area (Å²) in [6.07, 6.45) is -8.44. The summed E-state index contributed by atoms with van der Waals surface area (Å²) in [7, 11) is 0. The van der Waals surface area contributed by atoms with Crippen LogP contribution in [0.1, 0.15) is 6.42 Å². The van der Waals surface area contributed by atoms with E-state index in [-0.39, 0.29) is 0 Å². The van der Waals surface area contributed by atoms with E-state index in [4.69, 9.17) is 0 Å². The molecule has 0 radical (unpaired) electrons. The summed E-state index contributed by atoms with van der Waals surface area (Å²) in [5.41, 5.74) is 0. The Morgan fingerprint density at radius 2 is 1.71 bits per heavy atom. The maximum atomic E-state index is 12.0. The number of halogens is 6. The van der Waals surface area contributed by atoms with Crippen molar-refractivity contribution >= 4 is 5.97 Å². The van der Waals surface area contributed by atoms with Gasteiger partial charge < -0.3 is 4.74 Å². The predicted octanol–water partition coefficient (Wildman–Crippen LogP) is 2.09. The molecule has 0 aromatic carbocycles. The van der Waals surface area contributed by atoms with Crippen LogP contribution in [0.5, 0.6) is 0 Å². The van der Waals surface area contributed by atoms with Crippen molar-refractivity contribution in [1.82, 2.24) is 0 Å². The molecular weight excluding hydrogens is 218 g/mol. The zero-order chi connectivity index (χ0) is 11.4. The van der Waals surface area contributed by atoms with E-state index in [9.17, 15) is 31.1 Å². The number of esters is 1. The van der Waals surface area contributed by atoms with Gasteiger partial charge in [0.15, 0.2) is 6.61 Å². The van der Waals surface area contributed by atoms with Crippen LogP contribution in [0.3, 0.4) is 0 Å². The van der Waals surface area contributed by atoms with Gasteiger partial charge >= 0.3 is 18.3 Å². The minimum Gasteiger partial charge on any atom is -0.459 e. The predicted molar refractivity (Wildman–Crippen MR) is 32.5 cm³/mol. The van der Waals surface area contributed by atoms with Crippen molar-refractivity contribution in [2.24, 2.45) is 0 Å². The quantitative estimate of drug-likeness (QED) is 0.528. The molecule has 0 saturated heterocycles. The van der Waals surface area contributed by atoms with Crippen LogP contribution in [0.4, 0.5) is 26.3 Å². The summed E-state index contributed by atoms with van der Waals surface area (Å²) in [5, 5.41) is 0. The summed E-state index contributed by atoms with van der Waals surface area (Å²) in [4.78, 5) is 10.2. The van der Waals surface area contributed by atoms with Gasteiger partial charge in [0.05, 0.1) is 0 Å². The fourth-order valence-corrected chi connectivity index (χ4v) is 0.425. The third kappa shape index (κ3) is 4.93. The Bertz CT molecular complexity index is 193. The molecule has 0 aliphatic carbocycles. The molecule has 84 valence electrons. The van der Waals surface area contributed by atoms with Crippen LogP contribution in [0.2, 0.25) is 0 Å². The molecule has 0 fully saturated rings. The van der Waals surface area contributed by atoms with E-state index in [2.05, 4.69) is 4.74 Å². The van der Waals surface area contributed by atoms with Gasteiger partial charge in [0, 0.05) is 0 Å². The van der Waals surface area contributed by atoms with Crippen molar-refractivity contribution in [2.45, 2.75) is 25.2 Å². The lowest BCUT2D eigenvalue weighted by atomic mass is 10.4. The molecule has 0 N–H and O–H groups in total. The van der Waals surface area contributed by atoms with Crippen molar-refractivity contribution in [3.8, 4) is 0 Å². The number of hydrogen-bond acceptors (Lipinski definition) is 2. The number of rotatable bonds is 5. The minimum absolute atomic E-state index is 1.39. The van der Waals surface area contributed by atoms with Gasteiger partial charge in [0.2, 0.25) is 6.43 Å². The number of hydrogen-bond donors (Lipinski definition) is 0. The smallest absolute Gasteiger partial charge is 0.340 e. The molecule has 0 unspecified atom stereocenters. The second kappa shape index (κ2) is 5.06. The topological polar surface area (TPSA) is 26.3 Å². The molecule has 0 aliphatic heterocycles. The van der Waals surface area contributed by atoms with Crippen molar-refractivity contribution in [3.05, 3.63) is 0 Å². The molecule has 0 amide bonds. The van der Waals surface area contributed by atoms with E-state index in [1.807, 2.05) is 0 Å². The largest absolute Gasteiger partial charge is 0.459 e. The lowest BCUT2D eigenvalue weighted by Gasteiger charge is -2.14. The zero-order valence-electron chi connectivity index (χ0n) is 6.65. The average molecular weight is 224 g/mol. The Balaban J connectivity index is 3.88. The highest BCUT2D eigenvalue weighted by Gasteiger charge is 2.42. The Labute approximate surface area is 74.8 Å². The van der Waals surface area contributed by atoms with Gasteiger partial charge in [0.1, 0.15) is 6.42 Å².